The van der Waals surface area contributed by atoms with Crippen LogP contribution < -0.4 is 0 Å². The summed E-state index contributed by atoms with van der Waals surface area (Å²) in [6.45, 7) is 3.94. The van der Waals surface area contributed by atoms with Crippen molar-refractivity contribution < 1.29 is 5.11 Å². The highest BCUT2D eigenvalue weighted by atomic mass is 16.3. The van der Waals surface area contributed by atoms with Gasteiger partial charge in [0.05, 0.1) is 0 Å². The lowest BCUT2D eigenvalue weighted by Crippen LogP contribution is -2.06. The first kappa shape index (κ1) is 15.4. The van der Waals surface area contributed by atoms with E-state index >= 15 is 0 Å². The Morgan fingerprint density at radius 2 is 1.26 bits per heavy atom. The number of aromatic hydroxyl groups is 1. The highest BCUT2D eigenvalue weighted by Crippen LogP contribution is 2.33. The molecule has 1 nitrogen and oxygen atoms in total. The summed E-state index contributed by atoms with van der Waals surface area (Å²) in [6, 6.07) is 25.4. The van der Waals surface area contributed by atoms with Gasteiger partial charge in [0.15, 0.2) is 0 Å². The van der Waals surface area contributed by atoms with Crippen molar-refractivity contribution in [3.05, 3.63) is 101 Å². The van der Waals surface area contributed by atoms with Crippen LogP contribution in [0.3, 0.4) is 0 Å². The second kappa shape index (κ2) is 6.70. The predicted molar refractivity (Wildman–Crippen MR) is 96.0 cm³/mol. The molecular weight excluding hydrogens is 280 g/mol. The third-order valence-corrected chi connectivity index (χ3v) is 4.40. The second-order valence-electron chi connectivity index (χ2n) is 6.16. The minimum atomic E-state index is 0.289. The Morgan fingerprint density at radius 1 is 0.739 bits per heavy atom. The maximum atomic E-state index is 10.1. The topological polar surface area (TPSA) is 20.2 Å². The molecule has 1 atom stereocenters. The Bertz CT molecular complexity index is 753. The third-order valence-electron chi connectivity index (χ3n) is 4.40. The smallest absolute Gasteiger partial charge is 0.121 e. The first-order chi connectivity index (χ1) is 11.1. The zero-order valence-corrected chi connectivity index (χ0v) is 13.7. The van der Waals surface area contributed by atoms with Gasteiger partial charge in [0, 0.05) is 5.92 Å². The van der Waals surface area contributed by atoms with Crippen LogP contribution in [-0.4, -0.2) is 5.11 Å². The molecule has 0 bridgehead atoms. The number of hydrogen-bond donors (Lipinski definition) is 1. The van der Waals surface area contributed by atoms with E-state index in [1.165, 1.54) is 16.7 Å². The molecule has 1 heteroatoms. The zero-order chi connectivity index (χ0) is 16.2. The van der Waals surface area contributed by atoms with Gasteiger partial charge in [0.1, 0.15) is 5.75 Å². The van der Waals surface area contributed by atoms with Gasteiger partial charge in [-0.05, 0) is 48.1 Å². The molecule has 1 N–H and O–H groups in total. The van der Waals surface area contributed by atoms with E-state index < -0.39 is 0 Å². The van der Waals surface area contributed by atoms with Crippen LogP contribution >= 0.6 is 0 Å². The molecule has 0 saturated carbocycles. The fraction of sp³-hybridized carbons (Fsp3) is 0.182. The van der Waals surface area contributed by atoms with Gasteiger partial charge in [-0.15, -0.1) is 0 Å². The van der Waals surface area contributed by atoms with Crippen LogP contribution in [0, 0.1) is 13.8 Å². The van der Waals surface area contributed by atoms with Crippen molar-refractivity contribution in [2.75, 3.05) is 0 Å². The molecule has 3 rings (SSSR count). The Kier molecular flexibility index (Phi) is 4.47. The summed E-state index contributed by atoms with van der Waals surface area (Å²) in [5.41, 5.74) is 5.77. The molecule has 0 heterocycles. The van der Waals surface area contributed by atoms with Crippen molar-refractivity contribution in [1.29, 1.82) is 0 Å². The molecule has 1 unspecified atom stereocenters. The van der Waals surface area contributed by atoms with E-state index in [1.54, 1.807) is 0 Å². The summed E-state index contributed by atoms with van der Waals surface area (Å²) >= 11 is 0. The molecule has 3 aromatic carbocycles. The van der Waals surface area contributed by atoms with E-state index in [0.29, 0.717) is 5.75 Å². The van der Waals surface area contributed by atoms with Gasteiger partial charge in [-0.3, -0.25) is 0 Å². The molecule has 0 amide bonds. The molecule has 0 saturated heterocycles. The third kappa shape index (κ3) is 3.45. The summed E-state index contributed by atoms with van der Waals surface area (Å²) in [5, 5.41) is 10.1. The molecular formula is C22H22O. The van der Waals surface area contributed by atoms with Crippen molar-refractivity contribution in [3.63, 3.8) is 0 Å². The lowest BCUT2D eigenvalue weighted by Gasteiger charge is -2.20. The second-order valence-corrected chi connectivity index (χ2v) is 6.16. The van der Waals surface area contributed by atoms with Gasteiger partial charge in [-0.1, -0.05) is 72.8 Å². The summed E-state index contributed by atoms with van der Waals surface area (Å²) in [7, 11) is 0. The molecule has 0 aromatic heterocycles. The molecule has 0 aliphatic heterocycles. The highest BCUT2D eigenvalue weighted by Gasteiger charge is 2.17. The maximum absolute atomic E-state index is 10.1. The van der Waals surface area contributed by atoms with Crippen molar-refractivity contribution in [2.45, 2.75) is 26.2 Å². The van der Waals surface area contributed by atoms with Crippen LogP contribution in [0.25, 0.3) is 0 Å². The van der Waals surface area contributed by atoms with Gasteiger partial charge in [0.2, 0.25) is 0 Å². The Hall–Kier alpha value is -2.54. The van der Waals surface area contributed by atoms with Crippen LogP contribution in [0.4, 0.5) is 0 Å². The Labute approximate surface area is 138 Å². The van der Waals surface area contributed by atoms with Crippen molar-refractivity contribution in [3.8, 4) is 5.75 Å². The first-order valence-corrected chi connectivity index (χ1v) is 8.04. The largest absolute Gasteiger partial charge is 0.507 e. The average Bonchev–Trinajstić information content (AvgIpc) is 2.59. The number of aryl methyl sites for hydroxylation is 2. The molecule has 0 aliphatic carbocycles. The Balaban J connectivity index is 2.05. The van der Waals surface area contributed by atoms with Gasteiger partial charge in [0.25, 0.3) is 0 Å². The molecule has 3 aromatic rings. The fourth-order valence-corrected chi connectivity index (χ4v) is 3.15. The zero-order valence-electron chi connectivity index (χ0n) is 13.7. The summed E-state index contributed by atoms with van der Waals surface area (Å²) in [6.07, 6.45) is 0.953. The monoisotopic (exact) mass is 302 g/mol. The van der Waals surface area contributed by atoms with E-state index in [2.05, 4.69) is 72.8 Å². The van der Waals surface area contributed by atoms with Crippen LogP contribution in [-0.2, 0) is 6.42 Å². The van der Waals surface area contributed by atoms with E-state index in [0.717, 1.165) is 17.5 Å². The van der Waals surface area contributed by atoms with E-state index in [-0.39, 0.29) is 5.92 Å². The highest BCUT2D eigenvalue weighted by molar-refractivity contribution is 5.46. The van der Waals surface area contributed by atoms with Gasteiger partial charge < -0.3 is 5.11 Å². The minimum Gasteiger partial charge on any atom is -0.507 e. The van der Waals surface area contributed by atoms with Crippen molar-refractivity contribution in [2.24, 2.45) is 0 Å². The molecule has 0 fully saturated rings. The van der Waals surface area contributed by atoms with Crippen LogP contribution in [0.5, 0.6) is 5.75 Å². The van der Waals surface area contributed by atoms with Crippen LogP contribution in [0.1, 0.15) is 33.7 Å². The Morgan fingerprint density at radius 3 is 1.83 bits per heavy atom. The lowest BCUT2D eigenvalue weighted by atomic mass is 9.84. The van der Waals surface area contributed by atoms with Gasteiger partial charge in [-0.25, -0.2) is 0 Å². The van der Waals surface area contributed by atoms with Crippen LogP contribution in [0.15, 0.2) is 72.8 Å². The quantitative estimate of drug-likeness (QED) is 0.685. The van der Waals surface area contributed by atoms with Gasteiger partial charge in [-0.2, -0.15) is 0 Å². The number of phenols is 1. The molecule has 23 heavy (non-hydrogen) atoms. The molecule has 0 spiro atoms. The van der Waals surface area contributed by atoms with E-state index in [4.69, 9.17) is 0 Å². The standard InChI is InChI=1S/C22H22O/c1-16-13-20(14-17(2)22(16)23)21(19-11-7-4-8-12-19)15-18-9-5-3-6-10-18/h3-14,21,23H,15H2,1-2H3. The number of rotatable bonds is 4. The van der Waals surface area contributed by atoms with Crippen molar-refractivity contribution >= 4 is 0 Å². The maximum Gasteiger partial charge on any atom is 0.121 e. The number of phenolic OH excluding ortho intramolecular Hbond substituents is 1. The van der Waals surface area contributed by atoms with Crippen LogP contribution in [0.2, 0.25) is 0 Å². The number of hydrogen-bond acceptors (Lipinski definition) is 1. The van der Waals surface area contributed by atoms with E-state index in [1.807, 2.05) is 13.8 Å². The summed E-state index contributed by atoms with van der Waals surface area (Å²) in [5.74, 6) is 0.692. The summed E-state index contributed by atoms with van der Waals surface area (Å²) in [4.78, 5) is 0. The first-order valence-electron chi connectivity index (χ1n) is 8.04. The molecule has 116 valence electrons. The normalized spacial score (nSPS) is 12.1. The minimum absolute atomic E-state index is 0.289. The van der Waals surface area contributed by atoms with E-state index in [9.17, 15) is 5.11 Å². The number of benzene rings is 3. The van der Waals surface area contributed by atoms with Crippen molar-refractivity contribution in [1.82, 2.24) is 0 Å². The molecule has 0 aliphatic rings. The SMILES string of the molecule is Cc1cc(C(Cc2ccccc2)c2ccccc2)cc(C)c1O. The average molecular weight is 302 g/mol. The molecule has 0 radical (unpaired) electrons. The summed E-state index contributed by atoms with van der Waals surface area (Å²) < 4.78 is 0. The predicted octanol–water partition coefficient (Wildman–Crippen LogP) is 5.38. The van der Waals surface area contributed by atoms with Gasteiger partial charge >= 0.3 is 0 Å². The lowest BCUT2D eigenvalue weighted by molar-refractivity contribution is 0.466. The fourth-order valence-electron chi connectivity index (χ4n) is 3.15.